The van der Waals surface area contributed by atoms with Gasteiger partial charge in [0, 0.05) is 28.3 Å². The molecule has 0 aliphatic carbocycles. The lowest BCUT2D eigenvalue weighted by Crippen LogP contribution is -2.31. The third kappa shape index (κ3) is 3.23. The zero-order chi connectivity index (χ0) is 19.0. The van der Waals surface area contributed by atoms with Crippen LogP contribution in [-0.2, 0) is 11.3 Å². The van der Waals surface area contributed by atoms with Crippen molar-refractivity contribution in [2.45, 2.75) is 32.7 Å². The molecule has 0 bridgehead atoms. The summed E-state index contributed by atoms with van der Waals surface area (Å²) in [5, 5.41) is 5.28. The normalized spacial score (nSPS) is 16.0. The van der Waals surface area contributed by atoms with Gasteiger partial charge in [0.15, 0.2) is 0 Å². The molecule has 4 heteroatoms. The van der Waals surface area contributed by atoms with E-state index >= 15 is 0 Å². The Bertz CT molecular complexity index is 1080. The number of benzene rings is 2. The van der Waals surface area contributed by atoms with Gasteiger partial charge in [-0.2, -0.15) is 0 Å². The quantitative estimate of drug-likeness (QED) is 0.500. The van der Waals surface area contributed by atoms with Crippen LogP contribution in [0.3, 0.4) is 0 Å². The molecule has 1 aliphatic rings. The first-order chi connectivity index (χ1) is 13.0. The molecular weight excluding hydrogens is 334 g/mol. The topological polar surface area (TPSA) is 46.8 Å². The predicted octanol–water partition coefficient (Wildman–Crippen LogP) is 4.78. The Balaban J connectivity index is 1.92. The molecule has 0 atom stereocenters. The summed E-state index contributed by atoms with van der Waals surface area (Å²) in [7, 11) is 1.58. The van der Waals surface area contributed by atoms with Crippen molar-refractivity contribution in [2.75, 3.05) is 7.11 Å². The number of pyridine rings is 1. The molecule has 0 N–H and O–H groups in total. The van der Waals surface area contributed by atoms with Crippen LogP contribution in [0.25, 0.3) is 10.9 Å². The van der Waals surface area contributed by atoms with Gasteiger partial charge in [-0.3, -0.25) is 9.98 Å². The van der Waals surface area contributed by atoms with Crippen LogP contribution in [0, 0.1) is 0 Å². The highest BCUT2D eigenvalue weighted by Crippen LogP contribution is 2.32. The minimum Gasteiger partial charge on any atom is -0.399 e. The lowest BCUT2D eigenvalue weighted by molar-refractivity contribution is 0.213. The summed E-state index contributed by atoms with van der Waals surface area (Å²) in [6.45, 7) is 6.32. The van der Waals surface area contributed by atoms with Crippen molar-refractivity contribution < 1.29 is 4.84 Å². The van der Waals surface area contributed by atoms with Crippen LogP contribution >= 0.6 is 0 Å². The standard InChI is InChI=1S/C23H23N3O/c1-15(26-27-4)18-9-7-10-19-20(18)13-23(2,3)25-22(19)17-12-16-8-5-6-11-21(16)24-14-17/h5-12,14H,13H2,1-4H3. The van der Waals surface area contributed by atoms with E-state index in [1.165, 1.54) is 5.56 Å². The number of nitrogens with zero attached hydrogens (tertiary/aromatic N) is 3. The maximum absolute atomic E-state index is 5.08. The lowest BCUT2D eigenvalue weighted by atomic mass is 9.82. The second-order valence-electron chi connectivity index (χ2n) is 7.56. The van der Waals surface area contributed by atoms with Gasteiger partial charge in [0.1, 0.15) is 7.11 Å². The first kappa shape index (κ1) is 17.4. The lowest BCUT2D eigenvalue weighted by Gasteiger charge is -2.30. The van der Waals surface area contributed by atoms with E-state index in [1.807, 2.05) is 31.3 Å². The molecule has 4 nitrogen and oxygen atoms in total. The number of aromatic nitrogens is 1. The summed E-state index contributed by atoms with van der Waals surface area (Å²) in [6, 6.07) is 16.7. The molecule has 2 aromatic carbocycles. The number of para-hydroxylation sites is 1. The maximum Gasteiger partial charge on any atom is 0.106 e. The van der Waals surface area contributed by atoms with E-state index in [-0.39, 0.29) is 5.54 Å². The van der Waals surface area contributed by atoms with Crippen LogP contribution in [-0.4, -0.2) is 29.1 Å². The van der Waals surface area contributed by atoms with Crippen LogP contribution in [0.5, 0.6) is 0 Å². The highest BCUT2D eigenvalue weighted by atomic mass is 16.6. The first-order valence-corrected chi connectivity index (χ1v) is 9.14. The molecule has 1 aliphatic heterocycles. The highest BCUT2D eigenvalue weighted by molar-refractivity contribution is 6.17. The Morgan fingerprint density at radius 2 is 1.93 bits per heavy atom. The smallest absolute Gasteiger partial charge is 0.106 e. The number of fused-ring (bicyclic) bond motifs is 2. The number of aliphatic imine (C=N–C) groups is 1. The van der Waals surface area contributed by atoms with Gasteiger partial charge in [-0.1, -0.05) is 41.6 Å². The first-order valence-electron chi connectivity index (χ1n) is 9.14. The van der Waals surface area contributed by atoms with Crippen molar-refractivity contribution in [2.24, 2.45) is 10.1 Å². The maximum atomic E-state index is 5.08. The van der Waals surface area contributed by atoms with Crippen molar-refractivity contribution in [3.8, 4) is 0 Å². The third-order valence-electron chi connectivity index (χ3n) is 4.94. The predicted molar refractivity (Wildman–Crippen MR) is 111 cm³/mol. The number of oxime groups is 1. The molecule has 3 aromatic rings. The summed E-state index contributed by atoms with van der Waals surface area (Å²) >= 11 is 0. The zero-order valence-corrected chi connectivity index (χ0v) is 16.2. The molecule has 0 amide bonds. The Kier molecular flexibility index (Phi) is 4.27. The fourth-order valence-corrected chi connectivity index (χ4v) is 3.78. The van der Waals surface area contributed by atoms with Gasteiger partial charge in [0.2, 0.25) is 0 Å². The fraction of sp³-hybridized carbons (Fsp3) is 0.261. The van der Waals surface area contributed by atoms with Crippen molar-refractivity contribution in [3.63, 3.8) is 0 Å². The highest BCUT2D eigenvalue weighted by Gasteiger charge is 2.29. The van der Waals surface area contributed by atoms with Crippen molar-refractivity contribution in [1.82, 2.24) is 4.98 Å². The Morgan fingerprint density at radius 3 is 2.74 bits per heavy atom. The summed E-state index contributed by atoms with van der Waals surface area (Å²) in [4.78, 5) is 14.7. The zero-order valence-electron chi connectivity index (χ0n) is 16.2. The molecule has 0 unspecified atom stereocenters. The van der Waals surface area contributed by atoms with Crippen LogP contribution in [0.2, 0.25) is 0 Å². The van der Waals surface area contributed by atoms with Crippen LogP contribution < -0.4 is 0 Å². The van der Waals surface area contributed by atoms with Gasteiger partial charge in [-0.15, -0.1) is 0 Å². The largest absolute Gasteiger partial charge is 0.399 e. The summed E-state index contributed by atoms with van der Waals surface area (Å²) in [5.41, 5.74) is 7.24. The number of rotatable bonds is 3. The number of hydrogen-bond donors (Lipinski definition) is 0. The molecule has 1 aromatic heterocycles. The van der Waals surface area contributed by atoms with Gasteiger partial charge < -0.3 is 4.84 Å². The second kappa shape index (κ2) is 6.62. The number of hydrogen-bond acceptors (Lipinski definition) is 4. The van der Waals surface area contributed by atoms with Gasteiger partial charge in [-0.25, -0.2) is 0 Å². The SMILES string of the molecule is CON=C(C)c1cccc2c1CC(C)(C)N=C2c1cnc2ccccc2c1. The van der Waals surface area contributed by atoms with E-state index in [0.717, 1.165) is 45.4 Å². The molecule has 2 heterocycles. The van der Waals surface area contributed by atoms with Crippen LogP contribution in [0.4, 0.5) is 0 Å². The molecule has 136 valence electrons. The Labute approximate surface area is 159 Å². The van der Waals surface area contributed by atoms with Gasteiger partial charge in [-0.05, 0) is 44.9 Å². The molecule has 0 fully saturated rings. The molecular formula is C23H23N3O. The second-order valence-corrected chi connectivity index (χ2v) is 7.56. The van der Waals surface area contributed by atoms with Gasteiger partial charge >= 0.3 is 0 Å². The van der Waals surface area contributed by atoms with Crippen molar-refractivity contribution >= 4 is 22.3 Å². The van der Waals surface area contributed by atoms with E-state index in [1.54, 1.807) is 7.11 Å². The summed E-state index contributed by atoms with van der Waals surface area (Å²) in [5.74, 6) is 0. The summed E-state index contributed by atoms with van der Waals surface area (Å²) < 4.78 is 0. The molecule has 0 spiro atoms. The monoisotopic (exact) mass is 357 g/mol. The van der Waals surface area contributed by atoms with Crippen LogP contribution in [0.15, 0.2) is 64.9 Å². The van der Waals surface area contributed by atoms with E-state index in [2.05, 4.69) is 54.3 Å². The van der Waals surface area contributed by atoms with E-state index in [9.17, 15) is 0 Å². The van der Waals surface area contributed by atoms with Crippen LogP contribution in [0.1, 0.15) is 43.0 Å². The van der Waals surface area contributed by atoms with Crippen molar-refractivity contribution in [3.05, 3.63) is 77.0 Å². The van der Waals surface area contributed by atoms with Gasteiger partial charge in [0.05, 0.1) is 22.5 Å². The Hall–Kier alpha value is -3.01. The Morgan fingerprint density at radius 1 is 1.11 bits per heavy atom. The average Bonchev–Trinajstić information content (AvgIpc) is 2.66. The average molecular weight is 357 g/mol. The molecule has 0 saturated carbocycles. The third-order valence-corrected chi connectivity index (χ3v) is 4.94. The minimum atomic E-state index is -0.197. The molecule has 0 radical (unpaired) electrons. The van der Waals surface area contributed by atoms with Crippen molar-refractivity contribution in [1.29, 1.82) is 0 Å². The molecule has 27 heavy (non-hydrogen) atoms. The summed E-state index contributed by atoms with van der Waals surface area (Å²) in [6.07, 6.45) is 2.79. The van der Waals surface area contributed by atoms with Gasteiger partial charge in [0.25, 0.3) is 0 Å². The minimum absolute atomic E-state index is 0.197. The van der Waals surface area contributed by atoms with E-state index in [4.69, 9.17) is 9.83 Å². The van der Waals surface area contributed by atoms with E-state index < -0.39 is 0 Å². The van der Waals surface area contributed by atoms with E-state index in [0.29, 0.717) is 0 Å². The molecule has 0 saturated heterocycles. The fourth-order valence-electron chi connectivity index (χ4n) is 3.78. The molecule has 4 rings (SSSR count).